The number of benzene rings is 1. The molecule has 1 aromatic carbocycles. The van der Waals surface area contributed by atoms with Gasteiger partial charge >= 0.3 is 6.36 Å². The van der Waals surface area contributed by atoms with Gasteiger partial charge in [-0.3, -0.25) is 14.3 Å². The summed E-state index contributed by atoms with van der Waals surface area (Å²) >= 11 is 5.59. The number of hydrogen-bond acceptors (Lipinski definition) is 5. The number of halogens is 5. The fraction of sp³-hybridized carbons (Fsp3) is 0.600. The fourth-order valence-electron chi connectivity index (χ4n) is 3.49. The van der Waals surface area contributed by atoms with Gasteiger partial charge in [-0.1, -0.05) is 11.6 Å². The highest BCUT2D eigenvalue weighted by molar-refractivity contribution is 6.30. The SMILES string of the molecule is O=C(COc1ccc(Cl)c(F)c1)N[C@H]1CCN(CCO[C@H]2C[C@@H](OC(F)(F)F)C2)C(=O)C1. The van der Waals surface area contributed by atoms with Crippen molar-refractivity contribution in [3.8, 4) is 5.75 Å². The average Bonchev–Trinajstić information content (AvgIpc) is 2.67. The monoisotopic (exact) mass is 482 g/mol. The van der Waals surface area contributed by atoms with Crippen LogP contribution in [0.15, 0.2) is 18.2 Å². The maximum atomic E-state index is 13.4. The molecule has 1 heterocycles. The summed E-state index contributed by atoms with van der Waals surface area (Å²) in [4.78, 5) is 25.9. The second kappa shape index (κ2) is 10.7. The number of amides is 2. The number of carbonyl (C=O) groups is 2. The van der Waals surface area contributed by atoms with E-state index in [0.29, 0.717) is 19.5 Å². The Morgan fingerprint density at radius 2 is 2.00 bits per heavy atom. The zero-order valence-electron chi connectivity index (χ0n) is 17.0. The maximum Gasteiger partial charge on any atom is 0.522 e. The number of ether oxygens (including phenoxy) is 3. The van der Waals surface area contributed by atoms with Gasteiger partial charge in [0.2, 0.25) is 5.91 Å². The molecule has 1 aliphatic heterocycles. The van der Waals surface area contributed by atoms with E-state index in [4.69, 9.17) is 21.1 Å². The number of hydrogen-bond donors (Lipinski definition) is 1. The first kappa shape index (κ1) is 24.5. The number of likely N-dealkylation sites (tertiary alicyclic amines) is 1. The molecule has 3 rings (SSSR count). The van der Waals surface area contributed by atoms with E-state index in [1.54, 1.807) is 4.90 Å². The lowest BCUT2D eigenvalue weighted by Gasteiger charge is -2.36. The summed E-state index contributed by atoms with van der Waals surface area (Å²) in [5.41, 5.74) is 0. The van der Waals surface area contributed by atoms with E-state index in [9.17, 15) is 27.2 Å². The van der Waals surface area contributed by atoms with Gasteiger partial charge in [-0.05, 0) is 18.6 Å². The topological polar surface area (TPSA) is 77.1 Å². The number of piperidine rings is 1. The number of nitrogens with one attached hydrogen (secondary N) is 1. The molecule has 0 unspecified atom stereocenters. The highest BCUT2D eigenvalue weighted by Crippen LogP contribution is 2.32. The molecule has 1 saturated heterocycles. The number of rotatable bonds is 9. The molecule has 1 N–H and O–H groups in total. The van der Waals surface area contributed by atoms with E-state index in [0.717, 1.165) is 6.07 Å². The molecule has 1 atom stereocenters. The minimum Gasteiger partial charge on any atom is -0.484 e. The van der Waals surface area contributed by atoms with Crippen molar-refractivity contribution in [1.29, 1.82) is 0 Å². The van der Waals surface area contributed by atoms with E-state index in [2.05, 4.69) is 10.1 Å². The molecule has 0 spiro atoms. The number of nitrogens with zero attached hydrogens (tertiary/aromatic N) is 1. The third kappa shape index (κ3) is 7.49. The van der Waals surface area contributed by atoms with Crippen molar-refractivity contribution in [3.05, 3.63) is 29.0 Å². The fourth-order valence-corrected chi connectivity index (χ4v) is 3.61. The Balaban J connectivity index is 1.29. The Kier molecular flexibility index (Phi) is 8.18. The van der Waals surface area contributed by atoms with Crippen LogP contribution >= 0.6 is 11.6 Å². The van der Waals surface area contributed by atoms with Crippen molar-refractivity contribution in [2.45, 2.75) is 50.3 Å². The van der Waals surface area contributed by atoms with Crippen LogP contribution < -0.4 is 10.1 Å². The normalized spacial score (nSPS) is 23.6. The largest absolute Gasteiger partial charge is 0.522 e. The summed E-state index contributed by atoms with van der Waals surface area (Å²) < 4.78 is 64.3. The third-order valence-electron chi connectivity index (χ3n) is 5.21. The Hall–Kier alpha value is -2.11. The van der Waals surface area contributed by atoms with Crippen LogP contribution in [0.5, 0.6) is 5.75 Å². The second-order valence-corrected chi connectivity index (χ2v) is 8.06. The molecule has 0 aromatic heterocycles. The van der Waals surface area contributed by atoms with Crippen LogP contribution in [-0.4, -0.2) is 67.6 Å². The summed E-state index contributed by atoms with van der Waals surface area (Å²) in [5.74, 6) is -1.08. The van der Waals surface area contributed by atoms with Crippen LogP contribution in [0.25, 0.3) is 0 Å². The molecular weight excluding hydrogens is 460 g/mol. The van der Waals surface area contributed by atoms with Gasteiger partial charge in [-0.15, -0.1) is 13.2 Å². The highest BCUT2D eigenvalue weighted by atomic mass is 35.5. The minimum absolute atomic E-state index is 0.0511. The van der Waals surface area contributed by atoms with Gasteiger partial charge in [0.25, 0.3) is 5.91 Å². The maximum absolute atomic E-state index is 13.4. The zero-order valence-corrected chi connectivity index (χ0v) is 17.8. The van der Waals surface area contributed by atoms with Gasteiger partial charge < -0.3 is 19.7 Å². The molecule has 1 aromatic rings. The first-order valence-corrected chi connectivity index (χ1v) is 10.5. The molecule has 1 aliphatic carbocycles. The quantitative estimate of drug-likeness (QED) is 0.547. The van der Waals surface area contributed by atoms with Crippen molar-refractivity contribution < 1.29 is 41.4 Å². The molecule has 12 heteroatoms. The van der Waals surface area contributed by atoms with Crippen LogP contribution in [0.4, 0.5) is 17.6 Å². The predicted octanol–water partition coefficient (Wildman–Crippen LogP) is 3.05. The van der Waals surface area contributed by atoms with Crippen molar-refractivity contribution in [3.63, 3.8) is 0 Å². The van der Waals surface area contributed by atoms with Gasteiger partial charge in [0.15, 0.2) is 6.61 Å². The minimum atomic E-state index is -4.64. The Labute approximate surface area is 186 Å². The second-order valence-electron chi connectivity index (χ2n) is 7.65. The van der Waals surface area contributed by atoms with E-state index in [-0.39, 0.29) is 61.3 Å². The van der Waals surface area contributed by atoms with Crippen LogP contribution in [0.3, 0.4) is 0 Å². The molecule has 2 aliphatic rings. The third-order valence-corrected chi connectivity index (χ3v) is 5.52. The van der Waals surface area contributed by atoms with Crippen LogP contribution in [0.2, 0.25) is 5.02 Å². The molecule has 0 bridgehead atoms. The van der Waals surface area contributed by atoms with Crippen molar-refractivity contribution >= 4 is 23.4 Å². The molecule has 178 valence electrons. The first-order chi connectivity index (χ1) is 15.1. The molecule has 7 nitrogen and oxygen atoms in total. The summed E-state index contributed by atoms with van der Waals surface area (Å²) in [6.07, 6.45) is -4.81. The van der Waals surface area contributed by atoms with Gasteiger partial charge in [-0.2, -0.15) is 0 Å². The standard InChI is InChI=1S/C20H23ClF4N2O5/c21-16-2-1-13(10-17(16)22)31-11-18(28)26-12-3-4-27(19(29)7-12)5-6-30-14-8-15(9-14)32-20(23,24)25/h1-2,10,12,14-15H,3-9,11H2,(H,26,28)/t12-,14-,15+/m0/s1. The van der Waals surface area contributed by atoms with Gasteiger partial charge in [0, 0.05) is 44.5 Å². The van der Waals surface area contributed by atoms with Crippen molar-refractivity contribution in [2.24, 2.45) is 0 Å². The Bertz CT molecular complexity index is 820. The summed E-state index contributed by atoms with van der Waals surface area (Å²) in [5, 5.41) is 2.66. The van der Waals surface area contributed by atoms with Crippen molar-refractivity contribution in [1.82, 2.24) is 10.2 Å². The molecule has 0 radical (unpaired) electrons. The molecule has 1 saturated carbocycles. The Morgan fingerprint density at radius 1 is 1.25 bits per heavy atom. The van der Waals surface area contributed by atoms with Crippen LogP contribution in [0.1, 0.15) is 25.7 Å². The molecular formula is C20H23ClF4N2O5. The molecule has 2 amide bonds. The van der Waals surface area contributed by atoms with Crippen molar-refractivity contribution in [2.75, 3.05) is 26.3 Å². The first-order valence-electron chi connectivity index (χ1n) is 10.1. The lowest BCUT2D eigenvalue weighted by molar-refractivity contribution is -0.357. The number of alkyl halides is 3. The van der Waals surface area contributed by atoms with Gasteiger partial charge in [-0.25, -0.2) is 4.39 Å². The highest BCUT2D eigenvalue weighted by Gasteiger charge is 2.40. The lowest BCUT2D eigenvalue weighted by Crippen LogP contribution is -2.49. The Morgan fingerprint density at radius 3 is 2.66 bits per heavy atom. The average molecular weight is 483 g/mol. The summed E-state index contributed by atoms with van der Waals surface area (Å²) in [6, 6.07) is 3.49. The van der Waals surface area contributed by atoms with E-state index in [1.165, 1.54) is 12.1 Å². The molecule has 32 heavy (non-hydrogen) atoms. The van der Waals surface area contributed by atoms with E-state index in [1.807, 2.05) is 0 Å². The predicted molar refractivity (Wildman–Crippen MR) is 105 cm³/mol. The lowest BCUT2D eigenvalue weighted by atomic mass is 9.92. The van der Waals surface area contributed by atoms with Crippen LogP contribution in [-0.2, 0) is 19.1 Å². The van der Waals surface area contributed by atoms with E-state index >= 15 is 0 Å². The summed E-state index contributed by atoms with van der Waals surface area (Å²) in [6.45, 7) is 0.633. The number of carbonyl (C=O) groups excluding carboxylic acids is 2. The molecule has 2 fully saturated rings. The smallest absolute Gasteiger partial charge is 0.484 e. The zero-order chi connectivity index (χ0) is 23.3. The summed E-state index contributed by atoms with van der Waals surface area (Å²) in [7, 11) is 0. The van der Waals surface area contributed by atoms with E-state index < -0.39 is 24.2 Å². The van der Waals surface area contributed by atoms with Crippen LogP contribution in [0, 0.1) is 5.82 Å². The van der Waals surface area contributed by atoms with Gasteiger partial charge in [0.05, 0.1) is 23.8 Å². The van der Waals surface area contributed by atoms with Gasteiger partial charge in [0.1, 0.15) is 11.6 Å².